The minimum absolute atomic E-state index is 0.175. The van der Waals surface area contributed by atoms with Crippen molar-refractivity contribution in [3.63, 3.8) is 0 Å². The zero-order valence-corrected chi connectivity index (χ0v) is 12.8. The van der Waals surface area contributed by atoms with E-state index in [1.807, 2.05) is 30.3 Å². The minimum Gasteiger partial charge on any atom is -0.465 e. The molecule has 2 aromatic rings. The van der Waals surface area contributed by atoms with E-state index in [-0.39, 0.29) is 24.6 Å². The molecular weight excluding hydrogens is 296 g/mol. The molecule has 120 valence electrons. The van der Waals surface area contributed by atoms with Crippen molar-refractivity contribution in [2.45, 2.75) is 18.9 Å². The van der Waals surface area contributed by atoms with Gasteiger partial charge in [0.05, 0.1) is 19.3 Å². The Morgan fingerprint density at radius 3 is 2.83 bits per heavy atom. The van der Waals surface area contributed by atoms with Crippen LogP contribution in [0.1, 0.15) is 22.3 Å². The molecule has 1 N–H and O–H groups in total. The van der Waals surface area contributed by atoms with E-state index in [1.54, 1.807) is 6.07 Å². The number of benzene rings is 2. The Morgan fingerprint density at radius 1 is 1.30 bits per heavy atom. The fourth-order valence-electron chi connectivity index (χ4n) is 2.95. The Kier molecular flexibility index (Phi) is 4.30. The molecule has 0 saturated carbocycles. The summed E-state index contributed by atoms with van der Waals surface area (Å²) in [5, 5.41) is 11.2. The zero-order valence-electron chi connectivity index (χ0n) is 12.8. The van der Waals surface area contributed by atoms with Gasteiger partial charge in [0.25, 0.3) is 0 Å². The van der Waals surface area contributed by atoms with Crippen LogP contribution in [0.5, 0.6) is 0 Å². The Balaban J connectivity index is 1.82. The van der Waals surface area contributed by atoms with E-state index < -0.39 is 5.92 Å². The van der Waals surface area contributed by atoms with Crippen molar-refractivity contribution < 1.29 is 24.2 Å². The van der Waals surface area contributed by atoms with Gasteiger partial charge >= 0.3 is 11.9 Å². The quantitative estimate of drug-likeness (QED) is 0.856. The van der Waals surface area contributed by atoms with Crippen LogP contribution in [0, 0.1) is 5.92 Å². The highest BCUT2D eigenvalue weighted by atomic mass is 16.6. The molecule has 0 amide bonds. The van der Waals surface area contributed by atoms with Gasteiger partial charge in [-0.1, -0.05) is 24.3 Å². The van der Waals surface area contributed by atoms with Gasteiger partial charge in [0, 0.05) is 0 Å². The van der Waals surface area contributed by atoms with Crippen LogP contribution >= 0.6 is 0 Å². The van der Waals surface area contributed by atoms with Crippen LogP contribution in [0.2, 0.25) is 0 Å². The third kappa shape index (κ3) is 2.92. The molecule has 0 bridgehead atoms. The number of fused-ring (bicyclic) bond motifs is 1. The van der Waals surface area contributed by atoms with Crippen molar-refractivity contribution in [3.8, 4) is 0 Å². The number of hydrogen-bond acceptors (Lipinski definition) is 5. The monoisotopic (exact) mass is 314 g/mol. The lowest BCUT2D eigenvalue weighted by Gasteiger charge is -2.33. The van der Waals surface area contributed by atoms with E-state index in [2.05, 4.69) is 0 Å². The maximum Gasteiger partial charge on any atom is 0.337 e. The average Bonchev–Trinajstić information content (AvgIpc) is 2.57. The van der Waals surface area contributed by atoms with Gasteiger partial charge in [-0.3, -0.25) is 4.79 Å². The molecule has 0 aliphatic carbocycles. The first-order chi connectivity index (χ1) is 11.1. The number of cyclic esters (lactones) is 1. The second kappa shape index (κ2) is 6.38. The SMILES string of the molecule is COC(=O)c1ccc2cccc(CCC3OC(=O)C3CO)c2c1. The van der Waals surface area contributed by atoms with Gasteiger partial charge in [-0.25, -0.2) is 4.79 Å². The average molecular weight is 314 g/mol. The van der Waals surface area contributed by atoms with Crippen LogP contribution in [0.4, 0.5) is 0 Å². The summed E-state index contributed by atoms with van der Waals surface area (Å²) >= 11 is 0. The third-order valence-electron chi connectivity index (χ3n) is 4.31. The highest BCUT2D eigenvalue weighted by Crippen LogP contribution is 2.28. The van der Waals surface area contributed by atoms with Crippen LogP contribution < -0.4 is 0 Å². The van der Waals surface area contributed by atoms with Crippen molar-refractivity contribution in [2.75, 3.05) is 13.7 Å². The summed E-state index contributed by atoms with van der Waals surface area (Å²) in [6.45, 7) is -0.175. The maximum atomic E-state index is 11.7. The lowest BCUT2D eigenvalue weighted by atomic mass is 9.91. The van der Waals surface area contributed by atoms with Gasteiger partial charge < -0.3 is 14.6 Å². The maximum absolute atomic E-state index is 11.7. The zero-order chi connectivity index (χ0) is 16.4. The molecule has 23 heavy (non-hydrogen) atoms. The van der Waals surface area contributed by atoms with Crippen LogP contribution in [0.3, 0.4) is 0 Å². The lowest BCUT2D eigenvalue weighted by Crippen LogP contribution is -2.47. The number of hydrogen-bond donors (Lipinski definition) is 1. The summed E-state index contributed by atoms with van der Waals surface area (Å²) in [4.78, 5) is 22.9. The molecule has 2 atom stereocenters. The van der Waals surface area contributed by atoms with Crippen LogP contribution in [-0.4, -0.2) is 36.9 Å². The summed E-state index contributed by atoms with van der Waals surface area (Å²) in [6.07, 6.45) is 1.13. The van der Waals surface area contributed by atoms with Crippen molar-refractivity contribution >= 4 is 22.7 Å². The van der Waals surface area contributed by atoms with Gasteiger partial charge in [-0.05, 0) is 41.3 Å². The largest absolute Gasteiger partial charge is 0.465 e. The van der Waals surface area contributed by atoms with E-state index in [1.165, 1.54) is 7.11 Å². The Labute approximate surface area is 133 Å². The van der Waals surface area contributed by atoms with E-state index in [4.69, 9.17) is 14.6 Å². The lowest BCUT2D eigenvalue weighted by molar-refractivity contribution is -0.188. The number of esters is 2. The number of carbonyl (C=O) groups excluding carboxylic acids is 2. The fraction of sp³-hybridized carbons (Fsp3) is 0.333. The topological polar surface area (TPSA) is 72.8 Å². The van der Waals surface area contributed by atoms with Gasteiger partial charge in [0.1, 0.15) is 12.0 Å². The molecule has 1 heterocycles. The van der Waals surface area contributed by atoms with Crippen molar-refractivity contribution in [1.29, 1.82) is 0 Å². The number of ether oxygens (including phenoxy) is 2. The molecule has 0 aromatic heterocycles. The third-order valence-corrected chi connectivity index (χ3v) is 4.31. The number of carbonyl (C=O) groups is 2. The van der Waals surface area contributed by atoms with Crippen molar-refractivity contribution in [3.05, 3.63) is 47.5 Å². The highest BCUT2D eigenvalue weighted by Gasteiger charge is 2.41. The van der Waals surface area contributed by atoms with Gasteiger partial charge in [0.2, 0.25) is 0 Å². The highest BCUT2D eigenvalue weighted by molar-refractivity contribution is 5.96. The standard InChI is InChI=1S/C18H18O5/c1-22-17(20)13-6-5-11-3-2-4-12(14(11)9-13)7-8-16-15(10-19)18(21)23-16/h2-6,9,15-16,19H,7-8,10H2,1H3. The Morgan fingerprint density at radius 2 is 2.13 bits per heavy atom. The van der Waals surface area contributed by atoms with Gasteiger partial charge in [0.15, 0.2) is 0 Å². The summed E-state index contributed by atoms with van der Waals surface area (Å²) in [6, 6.07) is 11.4. The fourth-order valence-corrected chi connectivity index (χ4v) is 2.95. The molecule has 1 aliphatic rings. The van der Waals surface area contributed by atoms with E-state index in [9.17, 15) is 9.59 Å². The molecule has 0 spiro atoms. The summed E-state index contributed by atoms with van der Waals surface area (Å²) in [7, 11) is 1.36. The molecular formula is C18H18O5. The molecule has 1 saturated heterocycles. The number of aliphatic hydroxyl groups is 1. The van der Waals surface area contributed by atoms with Crippen LogP contribution in [-0.2, 0) is 20.7 Å². The minimum atomic E-state index is -0.407. The predicted molar refractivity (Wildman–Crippen MR) is 84.1 cm³/mol. The van der Waals surface area contributed by atoms with Crippen LogP contribution in [0.25, 0.3) is 10.8 Å². The molecule has 1 aliphatic heterocycles. The molecule has 2 unspecified atom stereocenters. The van der Waals surface area contributed by atoms with E-state index in [0.717, 1.165) is 16.3 Å². The second-order valence-electron chi connectivity index (χ2n) is 5.65. The number of methoxy groups -OCH3 is 1. The molecule has 2 aromatic carbocycles. The number of aryl methyl sites for hydroxylation is 1. The Hall–Kier alpha value is -2.40. The summed E-state index contributed by atoms with van der Waals surface area (Å²) in [5.41, 5.74) is 1.59. The summed E-state index contributed by atoms with van der Waals surface area (Å²) < 4.78 is 9.85. The van der Waals surface area contributed by atoms with E-state index in [0.29, 0.717) is 18.4 Å². The smallest absolute Gasteiger partial charge is 0.337 e. The van der Waals surface area contributed by atoms with Crippen molar-refractivity contribution in [2.24, 2.45) is 5.92 Å². The molecule has 0 radical (unpaired) electrons. The van der Waals surface area contributed by atoms with Crippen molar-refractivity contribution in [1.82, 2.24) is 0 Å². The second-order valence-corrected chi connectivity index (χ2v) is 5.65. The number of aliphatic hydroxyl groups excluding tert-OH is 1. The van der Waals surface area contributed by atoms with E-state index >= 15 is 0 Å². The first-order valence-electron chi connectivity index (χ1n) is 7.55. The van der Waals surface area contributed by atoms with Gasteiger partial charge in [-0.15, -0.1) is 0 Å². The molecule has 5 heteroatoms. The summed E-state index contributed by atoms with van der Waals surface area (Å²) in [5.74, 6) is -1.10. The molecule has 5 nitrogen and oxygen atoms in total. The number of rotatable bonds is 5. The first-order valence-corrected chi connectivity index (χ1v) is 7.55. The normalized spacial score (nSPS) is 20.0. The first kappa shape index (κ1) is 15.5. The van der Waals surface area contributed by atoms with Gasteiger partial charge in [-0.2, -0.15) is 0 Å². The Bertz CT molecular complexity index is 752. The van der Waals surface area contributed by atoms with Crippen LogP contribution in [0.15, 0.2) is 36.4 Å². The molecule has 3 rings (SSSR count). The molecule has 1 fully saturated rings. The predicted octanol–water partition coefficient (Wildman–Crippen LogP) is 2.09.